The van der Waals surface area contributed by atoms with E-state index in [1.807, 2.05) is 13.0 Å². The average molecular weight is 323 g/mol. The van der Waals surface area contributed by atoms with Gasteiger partial charge < -0.3 is 11.1 Å². The lowest BCUT2D eigenvalue weighted by atomic mass is 10.1. The van der Waals surface area contributed by atoms with E-state index >= 15 is 0 Å². The van der Waals surface area contributed by atoms with Crippen LogP contribution in [0.4, 0.5) is 15.8 Å². The zero-order valence-electron chi connectivity index (χ0n) is 10.2. The molecule has 0 aliphatic carbocycles. The number of aryl methyl sites for hydroxylation is 1. The fourth-order valence-corrected chi connectivity index (χ4v) is 2.30. The summed E-state index contributed by atoms with van der Waals surface area (Å²) >= 11 is 3.32. The molecule has 0 unspecified atom stereocenters. The second kappa shape index (κ2) is 5.40. The van der Waals surface area contributed by atoms with Crippen LogP contribution in [0, 0.1) is 12.7 Å². The molecular weight excluding hydrogens is 311 g/mol. The van der Waals surface area contributed by atoms with Crippen LogP contribution in [0.15, 0.2) is 40.9 Å². The molecule has 0 aromatic heterocycles. The van der Waals surface area contributed by atoms with Crippen molar-refractivity contribution in [2.45, 2.75) is 6.92 Å². The van der Waals surface area contributed by atoms with Crippen LogP contribution >= 0.6 is 15.9 Å². The SMILES string of the molecule is Cc1cc(Br)cc(C(=O)Nc2ccc(N)cc2F)c1. The predicted molar refractivity (Wildman–Crippen MR) is 77.6 cm³/mol. The van der Waals surface area contributed by atoms with Gasteiger partial charge in [0.1, 0.15) is 5.82 Å². The molecule has 19 heavy (non-hydrogen) atoms. The van der Waals surface area contributed by atoms with Crippen molar-refractivity contribution in [3.05, 3.63) is 57.8 Å². The molecule has 0 spiro atoms. The lowest BCUT2D eigenvalue weighted by molar-refractivity contribution is 0.102. The van der Waals surface area contributed by atoms with E-state index in [0.717, 1.165) is 10.0 Å². The van der Waals surface area contributed by atoms with E-state index in [4.69, 9.17) is 5.73 Å². The summed E-state index contributed by atoms with van der Waals surface area (Å²) in [6.07, 6.45) is 0. The van der Waals surface area contributed by atoms with Crippen molar-refractivity contribution >= 4 is 33.2 Å². The Morgan fingerprint density at radius 1 is 1.26 bits per heavy atom. The van der Waals surface area contributed by atoms with Gasteiger partial charge in [-0.1, -0.05) is 15.9 Å². The van der Waals surface area contributed by atoms with Gasteiger partial charge in [0.05, 0.1) is 5.69 Å². The summed E-state index contributed by atoms with van der Waals surface area (Å²) in [5.41, 5.74) is 7.28. The normalized spacial score (nSPS) is 10.3. The summed E-state index contributed by atoms with van der Waals surface area (Å²) in [7, 11) is 0. The summed E-state index contributed by atoms with van der Waals surface area (Å²) in [5.74, 6) is -0.923. The number of benzene rings is 2. The largest absolute Gasteiger partial charge is 0.399 e. The van der Waals surface area contributed by atoms with Gasteiger partial charge in [0.2, 0.25) is 0 Å². The van der Waals surface area contributed by atoms with E-state index in [1.165, 1.54) is 18.2 Å². The predicted octanol–water partition coefficient (Wildman–Crippen LogP) is 3.73. The molecule has 0 aliphatic rings. The first-order chi connectivity index (χ1) is 8.95. The van der Waals surface area contributed by atoms with E-state index in [9.17, 15) is 9.18 Å². The molecule has 98 valence electrons. The highest BCUT2D eigenvalue weighted by Gasteiger charge is 2.10. The van der Waals surface area contributed by atoms with Crippen molar-refractivity contribution in [2.24, 2.45) is 0 Å². The van der Waals surface area contributed by atoms with Crippen LogP contribution in [0.2, 0.25) is 0 Å². The van der Waals surface area contributed by atoms with E-state index in [-0.39, 0.29) is 11.6 Å². The highest BCUT2D eigenvalue weighted by molar-refractivity contribution is 9.10. The fourth-order valence-electron chi connectivity index (χ4n) is 1.69. The molecule has 3 nitrogen and oxygen atoms in total. The molecule has 0 heterocycles. The Kier molecular flexibility index (Phi) is 3.85. The number of anilines is 2. The maximum Gasteiger partial charge on any atom is 0.255 e. The third kappa shape index (κ3) is 3.32. The number of carbonyl (C=O) groups excluding carboxylic acids is 1. The molecule has 5 heteroatoms. The number of nitrogen functional groups attached to an aromatic ring is 1. The Bertz CT molecular complexity index is 623. The molecule has 2 aromatic carbocycles. The van der Waals surface area contributed by atoms with Gasteiger partial charge >= 0.3 is 0 Å². The first-order valence-corrected chi connectivity index (χ1v) is 6.38. The van der Waals surface area contributed by atoms with Gasteiger partial charge in [-0.3, -0.25) is 4.79 Å². The minimum absolute atomic E-state index is 0.108. The highest BCUT2D eigenvalue weighted by Crippen LogP contribution is 2.20. The quantitative estimate of drug-likeness (QED) is 0.828. The first-order valence-electron chi connectivity index (χ1n) is 5.59. The highest BCUT2D eigenvalue weighted by atomic mass is 79.9. The minimum atomic E-state index is -0.555. The summed E-state index contributed by atoms with van der Waals surface area (Å²) in [6, 6.07) is 9.44. The number of halogens is 2. The number of carbonyl (C=O) groups is 1. The summed E-state index contributed by atoms with van der Waals surface area (Å²) in [4.78, 5) is 12.0. The summed E-state index contributed by atoms with van der Waals surface area (Å²) < 4.78 is 14.4. The second-order valence-corrected chi connectivity index (χ2v) is 5.13. The van der Waals surface area contributed by atoms with Crippen molar-refractivity contribution in [1.29, 1.82) is 0 Å². The maximum atomic E-state index is 13.6. The average Bonchev–Trinajstić information content (AvgIpc) is 2.31. The van der Waals surface area contributed by atoms with Crippen molar-refractivity contribution in [3.63, 3.8) is 0 Å². The number of nitrogens with two attached hydrogens (primary N) is 1. The molecule has 0 saturated carbocycles. The zero-order chi connectivity index (χ0) is 14.0. The third-order valence-electron chi connectivity index (χ3n) is 2.55. The molecule has 2 rings (SSSR count). The molecule has 0 fully saturated rings. The molecule has 1 amide bonds. The molecule has 2 aromatic rings. The lowest BCUT2D eigenvalue weighted by Gasteiger charge is -2.08. The minimum Gasteiger partial charge on any atom is -0.399 e. The van der Waals surface area contributed by atoms with Crippen LogP contribution in [0.1, 0.15) is 15.9 Å². The fraction of sp³-hybridized carbons (Fsp3) is 0.0714. The number of nitrogens with one attached hydrogen (secondary N) is 1. The molecule has 3 N–H and O–H groups in total. The van der Waals surface area contributed by atoms with Gasteiger partial charge in [-0.15, -0.1) is 0 Å². The Morgan fingerprint density at radius 3 is 2.63 bits per heavy atom. The Labute approximate surface area is 118 Å². The van der Waals surface area contributed by atoms with Crippen LogP contribution in [0.25, 0.3) is 0 Å². The van der Waals surface area contributed by atoms with Gasteiger partial charge in [0.15, 0.2) is 0 Å². The lowest BCUT2D eigenvalue weighted by Crippen LogP contribution is -2.13. The van der Waals surface area contributed by atoms with Gasteiger partial charge in [0.25, 0.3) is 5.91 Å². The van der Waals surface area contributed by atoms with Crippen molar-refractivity contribution < 1.29 is 9.18 Å². The van der Waals surface area contributed by atoms with E-state index in [1.54, 1.807) is 12.1 Å². The summed E-state index contributed by atoms with van der Waals surface area (Å²) in [5, 5.41) is 2.52. The number of hydrogen-bond acceptors (Lipinski definition) is 2. The van der Waals surface area contributed by atoms with Gasteiger partial charge in [-0.05, 0) is 48.9 Å². The van der Waals surface area contributed by atoms with Gasteiger partial charge in [0, 0.05) is 15.7 Å². The number of hydrogen-bond donors (Lipinski definition) is 2. The van der Waals surface area contributed by atoms with E-state index in [0.29, 0.717) is 11.3 Å². The number of amides is 1. The molecule has 0 bridgehead atoms. The first kappa shape index (κ1) is 13.5. The third-order valence-corrected chi connectivity index (χ3v) is 3.00. The molecule has 0 atom stereocenters. The Hall–Kier alpha value is -1.88. The van der Waals surface area contributed by atoms with Gasteiger partial charge in [-0.25, -0.2) is 4.39 Å². The van der Waals surface area contributed by atoms with E-state index < -0.39 is 5.82 Å². The monoisotopic (exact) mass is 322 g/mol. The van der Waals surface area contributed by atoms with Crippen molar-refractivity contribution in [1.82, 2.24) is 0 Å². The number of rotatable bonds is 2. The molecular formula is C14H12BrFN2O. The molecule has 0 aliphatic heterocycles. The van der Waals surface area contributed by atoms with Crippen LogP contribution in [0.5, 0.6) is 0 Å². The Morgan fingerprint density at radius 2 is 2.00 bits per heavy atom. The zero-order valence-corrected chi connectivity index (χ0v) is 11.8. The van der Waals surface area contributed by atoms with E-state index in [2.05, 4.69) is 21.2 Å². The van der Waals surface area contributed by atoms with Gasteiger partial charge in [-0.2, -0.15) is 0 Å². The van der Waals surface area contributed by atoms with Crippen LogP contribution in [0.3, 0.4) is 0 Å². The van der Waals surface area contributed by atoms with Crippen LogP contribution < -0.4 is 11.1 Å². The van der Waals surface area contributed by atoms with Crippen molar-refractivity contribution in [2.75, 3.05) is 11.1 Å². The van der Waals surface area contributed by atoms with Crippen LogP contribution in [-0.2, 0) is 0 Å². The van der Waals surface area contributed by atoms with Crippen LogP contribution in [-0.4, -0.2) is 5.91 Å². The molecule has 0 saturated heterocycles. The molecule has 0 radical (unpaired) electrons. The second-order valence-electron chi connectivity index (χ2n) is 4.21. The van der Waals surface area contributed by atoms with Crippen molar-refractivity contribution in [3.8, 4) is 0 Å². The maximum absolute atomic E-state index is 13.6. The summed E-state index contributed by atoms with van der Waals surface area (Å²) in [6.45, 7) is 1.88. The smallest absolute Gasteiger partial charge is 0.255 e. The topological polar surface area (TPSA) is 55.1 Å². The standard InChI is InChI=1S/C14H12BrFN2O/c1-8-4-9(6-10(15)5-8)14(19)18-13-3-2-11(17)7-12(13)16/h2-7H,17H2,1H3,(H,18,19). The Balaban J connectivity index is 2.25.